The van der Waals surface area contributed by atoms with Crippen LogP contribution in [0.3, 0.4) is 0 Å². The Kier molecular flexibility index (Phi) is 7.17. The monoisotopic (exact) mass is 300 g/mol. The predicted molar refractivity (Wildman–Crippen MR) is 83.9 cm³/mol. The third kappa shape index (κ3) is 4.93. The molecule has 4 nitrogen and oxygen atoms in total. The minimum Gasteiger partial charge on any atom is -0.376 e. The second kappa shape index (κ2) is 8.90. The average molecular weight is 300 g/mol. The van der Waals surface area contributed by atoms with Crippen molar-refractivity contribution in [1.29, 1.82) is 0 Å². The molecule has 2 aliphatic rings. The minimum absolute atomic E-state index is 0.272. The topological polar surface area (TPSA) is 55.6 Å². The van der Waals surface area contributed by atoms with Gasteiger partial charge in [-0.2, -0.15) is 11.8 Å². The highest BCUT2D eigenvalue weighted by Gasteiger charge is 2.30. The Bertz CT molecular complexity index is 290. The van der Waals surface area contributed by atoms with Gasteiger partial charge in [-0.05, 0) is 44.4 Å². The van der Waals surface area contributed by atoms with E-state index in [1.807, 2.05) is 11.8 Å². The van der Waals surface area contributed by atoms with Crippen LogP contribution >= 0.6 is 11.8 Å². The highest BCUT2D eigenvalue weighted by Crippen LogP contribution is 2.25. The van der Waals surface area contributed by atoms with Crippen molar-refractivity contribution in [3.8, 4) is 0 Å². The lowest BCUT2D eigenvalue weighted by Crippen LogP contribution is -2.44. The quantitative estimate of drug-likeness (QED) is 0.697. The van der Waals surface area contributed by atoms with Crippen LogP contribution in [-0.2, 0) is 9.53 Å². The van der Waals surface area contributed by atoms with Crippen LogP contribution in [0.1, 0.15) is 44.9 Å². The van der Waals surface area contributed by atoms with Crippen molar-refractivity contribution in [3.63, 3.8) is 0 Å². The Morgan fingerprint density at radius 1 is 1.30 bits per heavy atom. The lowest BCUT2D eigenvalue weighted by atomic mass is 10.1. The van der Waals surface area contributed by atoms with E-state index in [-0.39, 0.29) is 6.10 Å². The Morgan fingerprint density at radius 2 is 2.20 bits per heavy atom. The number of nitrogens with two attached hydrogens (primary N) is 1. The van der Waals surface area contributed by atoms with E-state index in [0.29, 0.717) is 18.4 Å². The van der Waals surface area contributed by atoms with E-state index in [2.05, 4.69) is 4.90 Å². The van der Waals surface area contributed by atoms with Gasteiger partial charge < -0.3 is 15.4 Å². The third-order valence-corrected chi connectivity index (χ3v) is 5.33. The number of hydrogen-bond acceptors (Lipinski definition) is 4. The highest BCUT2D eigenvalue weighted by atomic mass is 32.2. The number of rotatable bonds is 8. The zero-order valence-corrected chi connectivity index (χ0v) is 13.2. The molecule has 0 spiro atoms. The van der Waals surface area contributed by atoms with Crippen LogP contribution in [0.4, 0.5) is 0 Å². The summed E-state index contributed by atoms with van der Waals surface area (Å²) in [6.45, 7) is 2.40. The fourth-order valence-corrected chi connectivity index (χ4v) is 4.20. The van der Waals surface area contributed by atoms with Crippen LogP contribution in [0.5, 0.6) is 0 Å². The number of carbonyl (C=O) groups is 1. The maximum Gasteiger partial charge on any atom is 0.222 e. The first-order valence-corrected chi connectivity index (χ1v) is 9.15. The van der Waals surface area contributed by atoms with Crippen LogP contribution in [0.15, 0.2) is 0 Å². The number of carbonyl (C=O) groups excluding carboxylic acids is 1. The summed E-state index contributed by atoms with van der Waals surface area (Å²) >= 11 is 1.97. The molecule has 2 unspecified atom stereocenters. The van der Waals surface area contributed by atoms with E-state index in [1.165, 1.54) is 5.75 Å². The molecule has 2 saturated heterocycles. The first-order chi connectivity index (χ1) is 9.81. The van der Waals surface area contributed by atoms with E-state index < -0.39 is 0 Å². The molecule has 2 N–H and O–H groups in total. The average Bonchev–Trinajstić information content (AvgIpc) is 3.13. The molecule has 0 aliphatic carbocycles. The standard InChI is InChI=1S/C15H28N2O2S/c16-8-3-1-2-6-15(18)17(13-7-10-20-12-13)11-14-5-4-9-19-14/h13-14H,1-12,16H2. The summed E-state index contributed by atoms with van der Waals surface area (Å²) in [4.78, 5) is 14.6. The van der Waals surface area contributed by atoms with Gasteiger partial charge in [0, 0.05) is 31.4 Å². The van der Waals surface area contributed by atoms with Crippen molar-refractivity contribution < 1.29 is 9.53 Å². The van der Waals surface area contributed by atoms with Crippen molar-refractivity contribution >= 4 is 17.7 Å². The SMILES string of the molecule is NCCCCCC(=O)N(CC1CCCO1)C1CCSC1. The maximum atomic E-state index is 12.5. The van der Waals surface area contributed by atoms with Crippen LogP contribution in [0.2, 0.25) is 0 Å². The van der Waals surface area contributed by atoms with Gasteiger partial charge in [-0.15, -0.1) is 0 Å². The van der Waals surface area contributed by atoms with Gasteiger partial charge in [-0.25, -0.2) is 0 Å². The zero-order valence-electron chi connectivity index (χ0n) is 12.4. The van der Waals surface area contributed by atoms with Gasteiger partial charge in [0.05, 0.1) is 6.10 Å². The number of unbranched alkanes of at least 4 members (excludes halogenated alkanes) is 2. The normalized spacial score (nSPS) is 26.1. The van der Waals surface area contributed by atoms with Gasteiger partial charge in [0.15, 0.2) is 0 Å². The molecular formula is C15H28N2O2S. The van der Waals surface area contributed by atoms with Crippen LogP contribution < -0.4 is 5.73 Å². The molecule has 0 radical (unpaired) electrons. The van der Waals surface area contributed by atoms with E-state index in [0.717, 1.165) is 64.0 Å². The molecule has 2 heterocycles. The van der Waals surface area contributed by atoms with E-state index in [1.54, 1.807) is 0 Å². The Balaban J connectivity index is 1.81. The van der Waals surface area contributed by atoms with E-state index in [9.17, 15) is 4.79 Å². The van der Waals surface area contributed by atoms with E-state index in [4.69, 9.17) is 10.5 Å². The van der Waals surface area contributed by atoms with Crippen molar-refractivity contribution in [1.82, 2.24) is 4.90 Å². The first kappa shape index (κ1) is 16.1. The maximum absolute atomic E-state index is 12.5. The number of hydrogen-bond donors (Lipinski definition) is 1. The lowest BCUT2D eigenvalue weighted by molar-refractivity contribution is -0.135. The molecule has 0 aromatic heterocycles. The molecule has 1 amide bonds. The van der Waals surface area contributed by atoms with Gasteiger partial charge in [0.2, 0.25) is 5.91 Å². The summed E-state index contributed by atoms with van der Waals surface area (Å²) < 4.78 is 5.72. The molecule has 0 aromatic carbocycles. The summed E-state index contributed by atoms with van der Waals surface area (Å²) in [6, 6.07) is 0.436. The number of thioether (sulfide) groups is 1. The molecule has 0 aromatic rings. The Hall–Kier alpha value is -0.260. The van der Waals surface area contributed by atoms with Crippen molar-refractivity contribution in [2.75, 3.05) is 31.2 Å². The summed E-state index contributed by atoms with van der Waals surface area (Å²) in [5.41, 5.74) is 5.50. The van der Waals surface area contributed by atoms with Crippen LogP contribution in [-0.4, -0.2) is 54.2 Å². The molecule has 2 fully saturated rings. The lowest BCUT2D eigenvalue weighted by Gasteiger charge is -2.31. The van der Waals surface area contributed by atoms with Crippen molar-refractivity contribution in [3.05, 3.63) is 0 Å². The van der Waals surface area contributed by atoms with Crippen LogP contribution in [0, 0.1) is 0 Å². The largest absolute Gasteiger partial charge is 0.376 e. The molecule has 116 valence electrons. The van der Waals surface area contributed by atoms with E-state index >= 15 is 0 Å². The van der Waals surface area contributed by atoms with Gasteiger partial charge in [-0.3, -0.25) is 4.79 Å². The summed E-state index contributed by atoms with van der Waals surface area (Å²) in [6.07, 6.45) is 7.40. The third-order valence-electron chi connectivity index (χ3n) is 4.19. The number of amides is 1. The smallest absolute Gasteiger partial charge is 0.222 e. The summed E-state index contributed by atoms with van der Waals surface area (Å²) in [5, 5.41) is 0. The number of nitrogens with zero attached hydrogens (tertiary/aromatic N) is 1. The molecule has 5 heteroatoms. The predicted octanol–water partition coefficient (Wildman–Crippen LogP) is 2.02. The summed E-state index contributed by atoms with van der Waals surface area (Å²) in [5.74, 6) is 2.61. The highest BCUT2D eigenvalue weighted by molar-refractivity contribution is 7.99. The van der Waals surface area contributed by atoms with Gasteiger partial charge in [0.25, 0.3) is 0 Å². The molecule has 20 heavy (non-hydrogen) atoms. The van der Waals surface area contributed by atoms with Crippen molar-refractivity contribution in [2.45, 2.75) is 57.1 Å². The molecule has 2 aliphatic heterocycles. The van der Waals surface area contributed by atoms with Gasteiger partial charge in [0.1, 0.15) is 0 Å². The first-order valence-electron chi connectivity index (χ1n) is 8.00. The second-order valence-corrected chi connectivity index (χ2v) is 6.95. The summed E-state index contributed by atoms with van der Waals surface area (Å²) in [7, 11) is 0. The zero-order chi connectivity index (χ0) is 14.2. The molecule has 2 atom stereocenters. The molecule has 2 rings (SSSR count). The number of ether oxygens (including phenoxy) is 1. The van der Waals surface area contributed by atoms with Crippen LogP contribution in [0.25, 0.3) is 0 Å². The fraction of sp³-hybridized carbons (Fsp3) is 0.933. The fourth-order valence-electron chi connectivity index (χ4n) is 2.97. The molecular weight excluding hydrogens is 272 g/mol. The van der Waals surface area contributed by atoms with Gasteiger partial charge >= 0.3 is 0 Å². The minimum atomic E-state index is 0.272. The van der Waals surface area contributed by atoms with Crippen molar-refractivity contribution in [2.24, 2.45) is 5.73 Å². The van der Waals surface area contributed by atoms with Gasteiger partial charge in [-0.1, -0.05) is 6.42 Å². The molecule has 0 saturated carbocycles. The Labute approximate surface area is 126 Å². The Morgan fingerprint density at radius 3 is 2.85 bits per heavy atom. The second-order valence-electron chi connectivity index (χ2n) is 5.80. The molecule has 0 bridgehead atoms.